The molecule has 9 heteroatoms. The van der Waals surface area contributed by atoms with Crippen LogP contribution < -0.4 is 14.8 Å². The van der Waals surface area contributed by atoms with Crippen LogP contribution in [0.2, 0.25) is 5.02 Å². The van der Waals surface area contributed by atoms with Gasteiger partial charge in [-0.05, 0) is 48.9 Å². The molecule has 0 bridgehead atoms. The van der Waals surface area contributed by atoms with Gasteiger partial charge in [-0.2, -0.15) is 0 Å². The maximum Gasteiger partial charge on any atom is 0.262 e. The van der Waals surface area contributed by atoms with Gasteiger partial charge in [-0.3, -0.25) is 4.79 Å². The summed E-state index contributed by atoms with van der Waals surface area (Å²) in [7, 11) is 0.884. The van der Waals surface area contributed by atoms with Crippen LogP contribution in [0.25, 0.3) is 0 Å². The largest absolute Gasteiger partial charge is 0.495 e. The highest BCUT2D eigenvalue weighted by Crippen LogP contribution is 2.28. The van der Waals surface area contributed by atoms with Gasteiger partial charge in [-0.15, -0.1) is 0 Å². The maximum absolute atomic E-state index is 12.2. The highest BCUT2D eigenvalue weighted by Gasteiger charge is 2.18. The standard InChI is InChI=1S/C18H21ClN2O5S/c1-12-9-14(27(23,24)21(2)3)6-8-16(12)26-11-18(22)20-15-10-13(19)5-7-17(15)25-4/h5-10H,11H2,1-4H3,(H,20,22). The van der Waals surface area contributed by atoms with Crippen LogP contribution in [0.15, 0.2) is 41.3 Å². The van der Waals surface area contributed by atoms with Gasteiger partial charge in [0.1, 0.15) is 11.5 Å². The number of halogens is 1. The molecule has 0 aliphatic carbocycles. The molecule has 0 fully saturated rings. The predicted molar refractivity (Wildman–Crippen MR) is 104 cm³/mol. The molecule has 0 unspecified atom stereocenters. The van der Waals surface area contributed by atoms with E-state index in [9.17, 15) is 13.2 Å². The van der Waals surface area contributed by atoms with Crippen LogP contribution in [-0.4, -0.2) is 46.4 Å². The Morgan fingerprint density at radius 2 is 1.81 bits per heavy atom. The average molecular weight is 413 g/mol. The summed E-state index contributed by atoms with van der Waals surface area (Å²) in [5.74, 6) is 0.489. The first kappa shape index (κ1) is 21.0. The fourth-order valence-electron chi connectivity index (χ4n) is 2.26. The van der Waals surface area contributed by atoms with E-state index in [1.54, 1.807) is 25.1 Å². The lowest BCUT2D eigenvalue weighted by molar-refractivity contribution is -0.118. The van der Waals surface area contributed by atoms with Crippen molar-refractivity contribution >= 4 is 33.2 Å². The molecule has 2 rings (SSSR count). The zero-order chi connectivity index (χ0) is 20.2. The Balaban J connectivity index is 2.07. The summed E-state index contributed by atoms with van der Waals surface area (Å²) in [6.45, 7) is 1.46. The number of carbonyl (C=O) groups is 1. The molecule has 1 amide bonds. The first-order valence-corrected chi connectivity index (χ1v) is 9.76. The summed E-state index contributed by atoms with van der Waals surface area (Å²) in [6, 6.07) is 9.34. The molecular weight excluding hydrogens is 392 g/mol. The van der Waals surface area contributed by atoms with Crippen molar-refractivity contribution in [1.82, 2.24) is 4.31 Å². The third-order valence-electron chi connectivity index (χ3n) is 3.72. The molecule has 7 nitrogen and oxygen atoms in total. The molecule has 0 spiro atoms. The number of aryl methyl sites for hydroxylation is 1. The number of anilines is 1. The van der Waals surface area contributed by atoms with Crippen LogP contribution in [0.5, 0.6) is 11.5 Å². The fraction of sp³-hybridized carbons (Fsp3) is 0.278. The van der Waals surface area contributed by atoms with E-state index in [2.05, 4.69) is 5.32 Å². The molecule has 0 aliphatic heterocycles. The molecule has 0 atom stereocenters. The molecule has 0 aromatic heterocycles. The SMILES string of the molecule is COc1ccc(Cl)cc1NC(=O)COc1ccc(S(=O)(=O)N(C)C)cc1C. The smallest absolute Gasteiger partial charge is 0.262 e. The monoisotopic (exact) mass is 412 g/mol. The lowest BCUT2D eigenvalue weighted by atomic mass is 10.2. The van der Waals surface area contributed by atoms with E-state index in [0.29, 0.717) is 27.8 Å². The lowest BCUT2D eigenvalue weighted by Gasteiger charge is -2.14. The van der Waals surface area contributed by atoms with E-state index in [0.717, 1.165) is 4.31 Å². The van der Waals surface area contributed by atoms with Crippen LogP contribution in [0.1, 0.15) is 5.56 Å². The highest BCUT2D eigenvalue weighted by molar-refractivity contribution is 7.89. The quantitative estimate of drug-likeness (QED) is 0.755. The molecule has 2 aromatic carbocycles. The zero-order valence-corrected chi connectivity index (χ0v) is 17.0. The number of rotatable bonds is 7. The average Bonchev–Trinajstić information content (AvgIpc) is 2.60. The Hall–Kier alpha value is -2.29. The topological polar surface area (TPSA) is 84.9 Å². The van der Waals surface area contributed by atoms with E-state index in [-0.39, 0.29) is 11.5 Å². The van der Waals surface area contributed by atoms with Crippen LogP contribution in [0, 0.1) is 6.92 Å². The molecule has 0 radical (unpaired) electrons. The first-order chi connectivity index (χ1) is 12.6. The van der Waals surface area contributed by atoms with Gasteiger partial charge >= 0.3 is 0 Å². The van der Waals surface area contributed by atoms with Gasteiger partial charge in [0.15, 0.2) is 6.61 Å². The predicted octanol–water partition coefficient (Wildman–Crippen LogP) is 2.92. The summed E-state index contributed by atoms with van der Waals surface area (Å²) in [5.41, 5.74) is 1.04. The minimum Gasteiger partial charge on any atom is -0.495 e. The number of hydrogen-bond acceptors (Lipinski definition) is 5. The molecule has 0 aliphatic rings. The van der Waals surface area contributed by atoms with Gasteiger partial charge in [-0.25, -0.2) is 12.7 Å². The third-order valence-corrected chi connectivity index (χ3v) is 5.77. The number of benzene rings is 2. The van der Waals surface area contributed by atoms with Crippen molar-refractivity contribution in [3.05, 3.63) is 47.0 Å². The van der Waals surface area contributed by atoms with Crippen molar-refractivity contribution < 1.29 is 22.7 Å². The molecular formula is C18H21ClN2O5S. The first-order valence-electron chi connectivity index (χ1n) is 7.94. The van der Waals surface area contributed by atoms with Gasteiger partial charge in [0.25, 0.3) is 5.91 Å². The van der Waals surface area contributed by atoms with Crippen LogP contribution in [-0.2, 0) is 14.8 Å². The number of nitrogens with one attached hydrogen (secondary N) is 1. The Kier molecular flexibility index (Phi) is 6.69. The number of ether oxygens (including phenoxy) is 2. The number of nitrogens with zero attached hydrogens (tertiary/aromatic N) is 1. The van der Waals surface area contributed by atoms with Crippen molar-refractivity contribution in [2.24, 2.45) is 0 Å². The maximum atomic E-state index is 12.2. The Labute approximate surface area is 163 Å². The summed E-state index contributed by atoms with van der Waals surface area (Å²) in [4.78, 5) is 12.3. The van der Waals surface area contributed by atoms with E-state index >= 15 is 0 Å². The second kappa shape index (κ2) is 8.60. The van der Waals surface area contributed by atoms with Crippen molar-refractivity contribution in [3.8, 4) is 11.5 Å². The van der Waals surface area contributed by atoms with Crippen molar-refractivity contribution in [2.75, 3.05) is 33.1 Å². The summed E-state index contributed by atoms with van der Waals surface area (Å²) >= 11 is 5.93. The van der Waals surface area contributed by atoms with Gasteiger partial charge in [-0.1, -0.05) is 11.6 Å². The second-order valence-corrected chi connectivity index (χ2v) is 8.48. The zero-order valence-electron chi connectivity index (χ0n) is 15.4. The fourth-order valence-corrected chi connectivity index (χ4v) is 3.42. The molecule has 2 aromatic rings. The minimum absolute atomic E-state index is 0.158. The molecule has 0 heterocycles. The van der Waals surface area contributed by atoms with Crippen LogP contribution in [0.3, 0.4) is 0 Å². The normalized spacial score (nSPS) is 11.3. The second-order valence-electron chi connectivity index (χ2n) is 5.90. The van der Waals surface area contributed by atoms with E-state index in [4.69, 9.17) is 21.1 Å². The summed E-state index contributed by atoms with van der Waals surface area (Å²) in [6.07, 6.45) is 0. The molecule has 0 saturated heterocycles. The number of sulfonamides is 1. The molecule has 27 heavy (non-hydrogen) atoms. The van der Waals surface area contributed by atoms with Gasteiger partial charge in [0.05, 0.1) is 17.7 Å². The Morgan fingerprint density at radius 3 is 2.41 bits per heavy atom. The molecule has 146 valence electrons. The van der Waals surface area contributed by atoms with Crippen LogP contribution >= 0.6 is 11.6 Å². The minimum atomic E-state index is -3.53. The third kappa shape index (κ3) is 5.12. The Morgan fingerprint density at radius 1 is 1.15 bits per heavy atom. The highest BCUT2D eigenvalue weighted by atomic mass is 35.5. The van der Waals surface area contributed by atoms with Crippen molar-refractivity contribution in [1.29, 1.82) is 0 Å². The van der Waals surface area contributed by atoms with Gasteiger partial charge < -0.3 is 14.8 Å². The van der Waals surface area contributed by atoms with Crippen molar-refractivity contribution in [2.45, 2.75) is 11.8 Å². The number of methoxy groups -OCH3 is 1. The van der Waals surface area contributed by atoms with E-state index < -0.39 is 15.9 Å². The number of amides is 1. The van der Waals surface area contributed by atoms with Crippen molar-refractivity contribution in [3.63, 3.8) is 0 Å². The Bertz CT molecular complexity index is 945. The van der Waals surface area contributed by atoms with Gasteiger partial charge in [0.2, 0.25) is 10.0 Å². The lowest BCUT2D eigenvalue weighted by Crippen LogP contribution is -2.22. The van der Waals surface area contributed by atoms with E-state index in [1.165, 1.54) is 39.4 Å². The van der Waals surface area contributed by atoms with E-state index in [1.807, 2.05) is 0 Å². The van der Waals surface area contributed by atoms with Gasteiger partial charge in [0, 0.05) is 19.1 Å². The molecule has 0 saturated carbocycles. The van der Waals surface area contributed by atoms with Crippen LogP contribution in [0.4, 0.5) is 5.69 Å². The number of hydrogen-bond donors (Lipinski definition) is 1. The molecule has 1 N–H and O–H groups in total. The number of carbonyl (C=O) groups excluding carboxylic acids is 1. The summed E-state index contributed by atoms with van der Waals surface area (Å²) < 4.78 is 36.1. The summed E-state index contributed by atoms with van der Waals surface area (Å²) in [5, 5.41) is 3.13.